The Kier molecular flexibility index (Phi) is 5.97. The Balaban J connectivity index is 1.96. The minimum Gasteiger partial charge on any atom is -0.365 e. The second-order valence-electron chi connectivity index (χ2n) is 9.59. The highest BCUT2D eigenvalue weighted by Gasteiger charge is 2.60. The molecule has 2 aromatic rings. The first-order chi connectivity index (χ1) is 14.8. The molecule has 2 heterocycles. The van der Waals surface area contributed by atoms with E-state index in [2.05, 4.69) is 99.2 Å². The second-order valence-corrected chi connectivity index (χ2v) is 12.5. The molecule has 6 unspecified atom stereocenters. The highest BCUT2D eigenvalue weighted by Crippen LogP contribution is 2.49. The number of fused-ring (bicyclic) bond motifs is 2. The van der Waals surface area contributed by atoms with Gasteiger partial charge < -0.3 is 18.0 Å². The van der Waals surface area contributed by atoms with Crippen LogP contribution < -0.4 is 9.13 Å². The molecule has 2 aliphatic rings. The predicted molar refractivity (Wildman–Crippen MR) is 132 cm³/mol. The molecule has 0 N–H and O–H groups in total. The summed E-state index contributed by atoms with van der Waals surface area (Å²) in [5, 5.41) is 0. The molecule has 168 valence electrons. The summed E-state index contributed by atoms with van der Waals surface area (Å²) in [6.45, 7) is 14.1. The van der Waals surface area contributed by atoms with E-state index in [9.17, 15) is 0 Å². The maximum atomic E-state index is 6.56. The van der Waals surface area contributed by atoms with E-state index in [0.29, 0.717) is 35.8 Å². The molecule has 0 bridgehead atoms. The van der Waals surface area contributed by atoms with Crippen molar-refractivity contribution in [1.29, 1.82) is 0 Å². The van der Waals surface area contributed by atoms with E-state index in [-0.39, 0.29) is 0 Å². The van der Waals surface area contributed by atoms with Crippen molar-refractivity contribution in [3.63, 3.8) is 0 Å². The summed E-state index contributed by atoms with van der Waals surface area (Å²) < 4.78 is 18.1. The number of rotatable bonds is 4. The van der Waals surface area contributed by atoms with Crippen LogP contribution in [0.3, 0.4) is 0 Å². The fourth-order valence-corrected chi connectivity index (χ4v) is 9.61. The summed E-state index contributed by atoms with van der Waals surface area (Å²) in [6, 6.07) is 18.2. The van der Waals surface area contributed by atoms with Gasteiger partial charge in [0.2, 0.25) is 0 Å². The molecule has 0 amide bonds. The van der Waals surface area contributed by atoms with Gasteiger partial charge in [-0.15, -0.1) is 0 Å². The molecule has 0 radical (unpaired) electrons. The van der Waals surface area contributed by atoms with Gasteiger partial charge in [0, 0.05) is 37.7 Å². The molecule has 0 spiro atoms. The lowest BCUT2D eigenvalue weighted by molar-refractivity contribution is 0.210. The quantitative estimate of drug-likeness (QED) is 0.546. The molecule has 0 fully saturated rings. The number of benzene rings is 2. The van der Waals surface area contributed by atoms with Gasteiger partial charge in [0.25, 0.3) is 0 Å². The Morgan fingerprint density at radius 2 is 0.968 bits per heavy atom. The third-order valence-corrected chi connectivity index (χ3v) is 12.0. The largest absolute Gasteiger partial charge is 0.588 e. The second kappa shape index (κ2) is 8.27. The van der Waals surface area contributed by atoms with Gasteiger partial charge in [0.05, 0.1) is 0 Å². The van der Waals surface area contributed by atoms with E-state index in [4.69, 9.17) is 8.85 Å². The highest BCUT2D eigenvalue weighted by atomic mass is 28.4. The molecule has 0 aromatic heterocycles. The molecular weight excluding hydrogens is 400 g/mol. The fourth-order valence-electron chi connectivity index (χ4n) is 5.91. The monoisotopic (exact) mass is 438 g/mol. The van der Waals surface area contributed by atoms with Crippen molar-refractivity contribution in [2.24, 2.45) is 11.8 Å². The maximum absolute atomic E-state index is 6.56. The topological polar surface area (TPSA) is 24.9 Å². The average Bonchev–Trinajstić information content (AvgIpc) is 2.80. The summed E-state index contributed by atoms with van der Waals surface area (Å²) in [5.41, 5.74) is 5.29. The number of hydrogen-bond acceptors (Lipinski definition) is 4. The minimum absolute atomic E-state index is 0.297. The molecule has 2 aliphatic heterocycles. The molecule has 4 nitrogen and oxygen atoms in total. The van der Waals surface area contributed by atoms with Gasteiger partial charge in [-0.1, -0.05) is 64.1 Å². The lowest BCUT2D eigenvalue weighted by Gasteiger charge is -2.57. The summed E-state index contributed by atoms with van der Waals surface area (Å²) in [7, 11) is 0.632. The minimum atomic E-state index is -3.05. The molecule has 6 atom stereocenters. The zero-order valence-corrected chi connectivity index (χ0v) is 21.3. The van der Waals surface area contributed by atoms with Crippen LogP contribution in [-0.4, -0.2) is 35.2 Å². The summed E-state index contributed by atoms with van der Waals surface area (Å²) in [6.07, 6.45) is 0. The normalized spacial score (nSPS) is 30.7. The zero-order valence-electron chi connectivity index (χ0n) is 20.3. The lowest BCUT2D eigenvalue weighted by Crippen LogP contribution is -2.76. The van der Waals surface area contributed by atoms with Crippen molar-refractivity contribution in [2.45, 2.75) is 65.5 Å². The van der Waals surface area contributed by atoms with Gasteiger partial charge in [0.15, 0.2) is 0 Å². The van der Waals surface area contributed by atoms with Crippen LogP contribution in [0.5, 0.6) is 0 Å². The first-order valence-electron chi connectivity index (χ1n) is 11.7. The Morgan fingerprint density at radius 1 is 0.613 bits per heavy atom. The van der Waals surface area contributed by atoms with Gasteiger partial charge in [-0.05, 0) is 60.8 Å². The first-order valence-corrected chi connectivity index (χ1v) is 13.4. The third-order valence-electron chi connectivity index (χ3n) is 8.43. The van der Waals surface area contributed by atoms with Crippen molar-refractivity contribution < 1.29 is 8.85 Å². The van der Waals surface area contributed by atoms with Crippen molar-refractivity contribution in [3.8, 4) is 0 Å². The van der Waals surface area contributed by atoms with Crippen LogP contribution in [0, 0.1) is 11.8 Å². The van der Waals surface area contributed by atoms with E-state index in [1.807, 2.05) is 14.2 Å². The van der Waals surface area contributed by atoms with Crippen LogP contribution in [0.1, 0.15) is 64.5 Å². The van der Waals surface area contributed by atoms with Gasteiger partial charge in [0.1, 0.15) is 0 Å². The van der Waals surface area contributed by atoms with Crippen molar-refractivity contribution in [2.75, 3.05) is 23.4 Å². The molecule has 4 rings (SSSR count). The lowest BCUT2D eigenvalue weighted by atomic mass is 9.80. The maximum Gasteiger partial charge on any atom is 0.588 e. The summed E-state index contributed by atoms with van der Waals surface area (Å²) in [5.74, 6) is 1.96. The highest BCUT2D eigenvalue weighted by molar-refractivity contribution is 6.75. The SMILES string of the molecule is CO[Si](OC)(N1c2ccccc2C(C)C(C)C1C)N1c2ccccc2C(C)C(C)C1C. The Morgan fingerprint density at radius 3 is 1.32 bits per heavy atom. The van der Waals surface area contributed by atoms with E-state index in [0.717, 1.165) is 0 Å². The third kappa shape index (κ3) is 3.16. The Bertz CT molecular complexity index is 860. The Hall–Kier alpha value is -1.82. The van der Waals surface area contributed by atoms with Crippen LogP contribution in [-0.2, 0) is 8.85 Å². The van der Waals surface area contributed by atoms with Crippen LogP contribution in [0.15, 0.2) is 48.5 Å². The van der Waals surface area contributed by atoms with Crippen LogP contribution in [0.4, 0.5) is 11.4 Å². The van der Waals surface area contributed by atoms with E-state index >= 15 is 0 Å². The molecule has 0 saturated heterocycles. The predicted octanol–water partition coefficient (Wildman–Crippen LogP) is 6.01. The van der Waals surface area contributed by atoms with Gasteiger partial charge in [-0.2, -0.15) is 0 Å². The fraction of sp³-hybridized carbons (Fsp3) is 0.538. The van der Waals surface area contributed by atoms with Crippen LogP contribution >= 0.6 is 0 Å². The molecule has 5 heteroatoms. The molecule has 2 aromatic carbocycles. The molecule has 31 heavy (non-hydrogen) atoms. The number of nitrogens with zero attached hydrogens (tertiary/aromatic N) is 2. The number of para-hydroxylation sites is 2. The zero-order chi connectivity index (χ0) is 22.5. The Labute approximate surface area is 189 Å². The standard InChI is InChI=1S/C26H38N2O2Si/c1-17-19(3)23-13-9-11-15-25(23)27(21(17)5)31(29-7,30-8)28-22(6)18(2)20(4)24-14-10-12-16-26(24)28/h9-22H,1-8H3. The average molecular weight is 439 g/mol. The smallest absolute Gasteiger partial charge is 0.365 e. The van der Waals surface area contributed by atoms with Gasteiger partial charge in [-0.3, -0.25) is 0 Å². The van der Waals surface area contributed by atoms with Crippen LogP contribution in [0.25, 0.3) is 0 Å². The molecule has 0 saturated carbocycles. The number of hydrogen-bond donors (Lipinski definition) is 0. The summed E-state index contributed by atoms with van der Waals surface area (Å²) >= 11 is 0. The number of anilines is 2. The van der Waals surface area contributed by atoms with E-state index < -0.39 is 8.88 Å². The van der Waals surface area contributed by atoms with E-state index in [1.54, 1.807) is 0 Å². The summed E-state index contributed by atoms with van der Waals surface area (Å²) in [4.78, 5) is 0. The molecule has 0 aliphatic carbocycles. The van der Waals surface area contributed by atoms with Gasteiger partial charge >= 0.3 is 8.88 Å². The van der Waals surface area contributed by atoms with Crippen molar-refractivity contribution >= 4 is 20.3 Å². The molecular formula is C26H38N2O2Si. The van der Waals surface area contributed by atoms with Crippen molar-refractivity contribution in [1.82, 2.24) is 0 Å². The van der Waals surface area contributed by atoms with E-state index in [1.165, 1.54) is 22.5 Å². The van der Waals surface area contributed by atoms with Gasteiger partial charge in [-0.25, -0.2) is 0 Å². The van der Waals surface area contributed by atoms with Crippen LogP contribution in [0.2, 0.25) is 0 Å². The first kappa shape index (κ1) is 22.4. The van der Waals surface area contributed by atoms with Crippen molar-refractivity contribution in [3.05, 3.63) is 59.7 Å².